The average molecular weight is 603 g/mol. The molecule has 7 nitrogen and oxygen atoms in total. The number of hydrogen-bond donors (Lipinski definition) is 0. The molecule has 6 rings (SSSR count). The maximum absolute atomic E-state index is 12.7. The molecule has 0 bridgehead atoms. The van der Waals surface area contributed by atoms with Crippen LogP contribution in [-0.2, 0) is 33.3 Å². The van der Waals surface area contributed by atoms with Gasteiger partial charge in [-0.3, -0.25) is 9.59 Å². The number of rotatable bonds is 6. The lowest BCUT2D eigenvalue weighted by Crippen LogP contribution is -2.63. The van der Waals surface area contributed by atoms with Gasteiger partial charge in [0.2, 0.25) is 0 Å². The van der Waals surface area contributed by atoms with Gasteiger partial charge in [-0.2, -0.15) is 0 Å². The predicted molar refractivity (Wildman–Crippen MR) is 163 cm³/mol. The molecule has 1 heterocycles. The normalized spacial score (nSPS) is 51.5. The van der Waals surface area contributed by atoms with Crippen molar-refractivity contribution in [1.29, 1.82) is 0 Å². The highest BCUT2D eigenvalue weighted by molar-refractivity contribution is 5.67. The van der Waals surface area contributed by atoms with E-state index in [1.165, 1.54) is 19.8 Å². The van der Waals surface area contributed by atoms with Gasteiger partial charge in [-0.1, -0.05) is 27.7 Å². The third-order valence-electron chi connectivity index (χ3n) is 15.1. The lowest BCUT2D eigenvalue weighted by molar-refractivity contribution is -0.224. The van der Waals surface area contributed by atoms with Crippen molar-refractivity contribution in [2.45, 2.75) is 156 Å². The van der Waals surface area contributed by atoms with Gasteiger partial charge in [0, 0.05) is 45.3 Å². The van der Waals surface area contributed by atoms with Crippen molar-refractivity contribution in [3.63, 3.8) is 0 Å². The highest BCUT2D eigenvalue weighted by Gasteiger charge is 2.85. The summed E-state index contributed by atoms with van der Waals surface area (Å²) in [6.07, 6.45) is 9.13. The lowest BCUT2D eigenvalue weighted by Gasteiger charge is -2.64. The Balaban J connectivity index is 1.39. The second kappa shape index (κ2) is 9.67. The third kappa shape index (κ3) is 4.08. The maximum Gasteiger partial charge on any atom is 0.302 e. The first-order valence-electron chi connectivity index (χ1n) is 17.0. The number of ether oxygens (including phenoxy) is 5. The van der Waals surface area contributed by atoms with Crippen molar-refractivity contribution in [2.75, 3.05) is 14.2 Å². The summed E-state index contributed by atoms with van der Waals surface area (Å²) in [7, 11) is 3.68. The molecule has 43 heavy (non-hydrogen) atoms. The molecule has 0 aromatic carbocycles. The molecule has 0 aromatic heterocycles. The van der Waals surface area contributed by atoms with E-state index < -0.39 is 0 Å². The second-order valence-corrected chi connectivity index (χ2v) is 17.4. The van der Waals surface area contributed by atoms with E-state index in [-0.39, 0.29) is 86.5 Å². The van der Waals surface area contributed by atoms with Crippen molar-refractivity contribution >= 4 is 11.9 Å². The largest absolute Gasteiger partial charge is 0.462 e. The molecule has 0 N–H and O–H groups in total. The van der Waals surface area contributed by atoms with Gasteiger partial charge in [-0.05, 0) is 106 Å². The molecule has 7 heteroatoms. The fourth-order valence-electron chi connectivity index (χ4n) is 13.1. The molecule has 1 unspecified atom stereocenters. The van der Waals surface area contributed by atoms with Crippen LogP contribution in [0.25, 0.3) is 0 Å². The van der Waals surface area contributed by atoms with Crippen LogP contribution in [0.15, 0.2) is 0 Å². The highest BCUT2D eigenvalue weighted by Crippen LogP contribution is 2.89. The number of fused-ring (bicyclic) bond motifs is 2. The molecule has 5 saturated carbocycles. The highest BCUT2D eigenvalue weighted by atomic mass is 16.6. The van der Waals surface area contributed by atoms with Crippen LogP contribution in [0.3, 0.4) is 0 Å². The lowest BCUT2D eigenvalue weighted by atomic mass is 9.41. The van der Waals surface area contributed by atoms with E-state index in [0.29, 0.717) is 5.92 Å². The van der Waals surface area contributed by atoms with Crippen LogP contribution in [0.5, 0.6) is 0 Å². The van der Waals surface area contributed by atoms with Crippen LogP contribution >= 0.6 is 0 Å². The molecule has 5 aliphatic carbocycles. The summed E-state index contributed by atoms with van der Waals surface area (Å²) in [5, 5.41) is 0. The van der Waals surface area contributed by atoms with Crippen molar-refractivity contribution in [3.05, 3.63) is 0 Å². The average Bonchev–Trinajstić information content (AvgIpc) is 3.25. The van der Waals surface area contributed by atoms with Crippen LogP contribution in [0.2, 0.25) is 0 Å². The Morgan fingerprint density at radius 1 is 0.791 bits per heavy atom. The Hall–Kier alpha value is -1.18. The van der Waals surface area contributed by atoms with Gasteiger partial charge in [-0.15, -0.1) is 0 Å². The Kier molecular flexibility index (Phi) is 7.15. The molecule has 6 fully saturated rings. The standard InChI is InChI=1S/C36H58O7/c1-21(37)41-23-18-25-33(8)19-24(39-10)29(34(9)14-12-27(43-34)31(5,6)40-11)32(33,7)16-17-35(25)20-36(35)15-13-26(42-22(2)38)30(3,4)28(23)36/h23-29H,12-20H2,1-11H3/t23-,24-,25-,26-,27-,28-,29-,32+,33-,34+,35-,36?/m0/s1. The van der Waals surface area contributed by atoms with Gasteiger partial charge in [0.15, 0.2) is 0 Å². The van der Waals surface area contributed by atoms with Gasteiger partial charge < -0.3 is 23.7 Å². The van der Waals surface area contributed by atoms with E-state index in [9.17, 15) is 9.59 Å². The summed E-state index contributed by atoms with van der Waals surface area (Å²) in [6.45, 7) is 19.3. The minimum atomic E-state index is -0.340. The van der Waals surface area contributed by atoms with E-state index in [1.807, 2.05) is 7.11 Å². The summed E-state index contributed by atoms with van der Waals surface area (Å²) < 4.78 is 31.7. The molecule has 2 spiro atoms. The van der Waals surface area contributed by atoms with E-state index in [0.717, 1.165) is 44.9 Å². The summed E-state index contributed by atoms with van der Waals surface area (Å²) in [6, 6.07) is 0. The molecular formula is C36H58O7. The summed E-state index contributed by atoms with van der Waals surface area (Å²) in [5.74, 6) is 0.439. The molecule has 0 radical (unpaired) electrons. The molecule has 1 saturated heterocycles. The predicted octanol–water partition coefficient (Wildman–Crippen LogP) is 6.89. The van der Waals surface area contributed by atoms with Gasteiger partial charge in [-0.25, -0.2) is 0 Å². The van der Waals surface area contributed by atoms with Crippen molar-refractivity contribution < 1.29 is 33.3 Å². The Bertz CT molecular complexity index is 1160. The molecular weight excluding hydrogens is 544 g/mol. The van der Waals surface area contributed by atoms with Crippen molar-refractivity contribution in [3.8, 4) is 0 Å². The number of hydrogen-bond acceptors (Lipinski definition) is 7. The Morgan fingerprint density at radius 2 is 1.47 bits per heavy atom. The zero-order chi connectivity index (χ0) is 31.6. The van der Waals surface area contributed by atoms with Crippen LogP contribution in [0.4, 0.5) is 0 Å². The number of methoxy groups -OCH3 is 2. The van der Waals surface area contributed by atoms with Crippen molar-refractivity contribution in [2.24, 2.45) is 44.8 Å². The fourth-order valence-corrected chi connectivity index (χ4v) is 13.1. The third-order valence-corrected chi connectivity index (χ3v) is 15.1. The first-order chi connectivity index (χ1) is 19.9. The molecule has 6 aliphatic rings. The minimum absolute atomic E-state index is 0.0154. The van der Waals surface area contributed by atoms with E-state index in [4.69, 9.17) is 23.7 Å². The van der Waals surface area contributed by atoms with Crippen LogP contribution < -0.4 is 0 Å². The maximum atomic E-state index is 12.7. The van der Waals surface area contributed by atoms with Gasteiger partial charge >= 0.3 is 11.9 Å². The summed E-state index contributed by atoms with van der Waals surface area (Å²) >= 11 is 0. The van der Waals surface area contributed by atoms with E-state index in [1.54, 1.807) is 14.0 Å². The first kappa shape index (κ1) is 31.8. The number of carbonyl (C=O) groups is 2. The second-order valence-electron chi connectivity index (χ2n) is 17.4. The Morgan fingerprint density at radius 3 is 2.07 bits per heavy atom. The SMILES string of the molecule is CO[C@H]1C[C@@]2(C)[C@@H]3C[C@H](OC(C)=O)[C@H]4C(C)(C)[C@@H](OC(C)=O)CCC45C[C@@]35CC[C@]2(C)[C@H]1[C@@]1(C)CC[C@@H](C(C)(C)OC)O1. The summed E-state index contributed by atoms with van der Waals surface area (Å²) in [5.41, 5.74) is -0.534. The topological polar surface area (TPSA) is 80.3 Å². The van der Waals surface area contributed by atoms with Gasteiger partial charge in [0.1, 0.15) is 12.2 Å². The number of esters is 2. The van der Waals surface area contributed by atoms with Gasteiger partial charge in [0.05, 0.1) is 23.4 Å². The summed E-state index contributed by atoms with van der Waals surface area (Å²) in [4.78, 5) is 24.8. The quantitative estimate of drug-likeness (QED) is 0.307. The minimum Gasteiger partial charge on any atom is -0.462 e. The molecule has 0 aromatic rings. The first-order valence-corrected chi connectivity index (χ1v) is 17.0. The van der Waals surface area contributed by atoms with Crippen LogP contribution in [0.1, 0.15) is 120 Å². The van der Waals surface area contributed by atoms with E-state index >= 15 is 0 Å². The smallest absolute Gasteiger partial charge is 0.302 e. The molecule has 12 atom stereocenters. The Labute approximate surface area is 259 Å². The van der Waals surface area contributed by atoms with E-state index in [2.05, 4.69) is 48.5 Å². The monoisotopic (exact) mass is 602 g/mol. The van der Waals surface area contributed by atoms with Crippen molar-refractivity contribution in [1.82, 2.24) is 0 Å². The number of carbonyl (C=O) groups excluding carboxylic acids is 2. The van der Waals surface area contributed by atoms with Gasteiger partial charge in [0.25, 0.3) is 0 Å². The zero-order valence-corrected chi connectivity index (χ0v) is 28.8. The van der Waals surface area contributed by atoms with Crippen LogP contribution in [-0.4, -0.2) is 61.8 Å². The molecule has 244 valence electrons. The fraction of sp³-hybridized carbons (Fsp3) is 0.944. The molecule has 0 amide bonds. The zero-order valence-electron chi connectivity index (χ0n) is 28.8. The van der Waals surface area contributed by atoms with Crippen LogP contribution in [0, 0.1) is 44.8 Å². The molecule has 1 aliphatic heterocycles.